The molecule has 0 unspecified atom stereocenters. The van der Waals surface area contributed by atoms with Crippen LogP contribution in [0.15, 0.2) is 29.2 Å². The molecule has 1 aromatic rings. The van der Waals surface area contributed by atoms with Crippen molar-refractivity contribution in [2.24, 2.45) is 0 Å². The van der Waals surface area contributed by atoms with E-state index in [1.165, 1.54) is 24.6 Å². The van der Waals surface area contributed by atoms with Gasteiger partial charge in [0.05, 0.1) is 5.75 Å². The van der Waals surface area contributed by atoms with Crippen LogP contribution in [0.25, 0.3) is 0 Å². The molecule has 1 aliphatic rings. The number of hydrogen-bond donors (Lipinski definition) is 1. The summed E-state index contributed by atoms with van der Waals surface area (Å²) in [4.78, 5) is 24.6. The monoisotopic (exact) mass is 305 g/mol. The largest absolute Gasteiger partial charge is 0.353 e. The van der Waals surface area contributed by atoms with Gasteiger partial charge in [-0.05, 0) is 31.4 Å². The molecule has 0 bridgehead atoms. The van der Waals surface area contributed by atoms with Crippen LogP contribution in [0.4, 0.5) is 0 Å². The highest BCUT2D eigenvalue weighted by molar-refractivity contribution is 8.00. The number of nitrogens with one attached hydrogen (secondary N) is 1. The van der Waals surface area contributed by atoms with Crippen molar-refractivity contribution >= 4 is 23.5 Å². The van der Waals surface area contributed by atoms with E-state index in [-0.39, 0.29) is 11.7 Å². The SMILES string of the molecule is CCCC(=O)c1ccc(SCC(=O)NC2CCCC2)cc1. The number of Topliss-reactive ketones (excluding diaryl/α,β-unsaturated/α-hetero) is 1. The van der Waals surface area contributed by atoms with Gasteiger partial charge < -0.3 is 5.32 Å². The highest BCUT2D eigenvalue weighted by Crippen LogP contribution is 2.20. The quantitative estimate of drug-likeness (QED) is 0.615. The predicted molar refractivity (Wildman–Crippen MR) is 86.8 cm³/mol. The molecule has 1 fully saturated rings. The Morgan fingerprint density at radius 3 is 2.48 bits per heavy atom. The summed E-state index contributed by atoms with van der Waals surface area (Å²) in [6, 6.07) is 7.95. The second kappa shape index (κ2) is 8.23. The second-order valence-electron chi connectivity index (χ2n) is 5.54. The summed E-state index contributed by atoms with van der Waals surface area (Å²) in [6.07, 6.45) is 6.15. The maximum absolute atomic E-state index is 11.8. The fraction of sp³-hybridized carbons (Fsp3) is 0.529. The van der Waals surface area contributed by atoms with Gasteiger partial charge in [-0.1, -0.05) is 31.9 Å². The van der Waals surface area contributed by atoms with Crippen molar-refractivity contribution in [3.63, 3.8) is 0 Å². The zero-order chi connectivity index (χ0) is 15.1. The Hall–Kier alpha value is -1.29. The molecule has 0 spiro atoms. The van der Waals surface area contributed by atoms with Crippen LogP contribution < -0.4 is 5.32 Å². The van der Waals surface area contributed by atoms with Crippen LogP contribution in [0.1, 0.15) is 55.8 Å². The normalized spacial score (nSPS) is 15.1. The molecule has 2 rings (SSSR count). The summed E-state index contributed by atoms with van der Waals surface area (Å²) in [5, 5.41) is 3.08. The van der Waals surface area contributed by atoms with E-state index in [0.717, 1.165) is 29.7 Å². The number of carbonyl (C=O) groups is 2. The van der Waals surface area contributed by atoms with Gasteiger partial charge in [0, 0.05) is 22.9 Å². The molecule has 3 nitrogen and oxygen atoms in total. The maximum atomic E-state index is 11.8. The Kier molecular flexibility index (Phi) is 6.30. The Labute approximate surface area is 130 Å². The van der Waals surface area contributed by atoms with Gasteiger partial charge >= 0.3 is 0 Å². The Morgan fingerprint density at radius 1 is 1.19 bits per heavy atom. The van der Waals surface area contributed by atoms with Crippen LogP contribution in [0.5, 0.6) is 0 Å². The zero-order valence-electron chi connectivity index (χ0n) is 12.6. The molecule has 0 atom stereocenters. The molecule has 1 aliphatic carbocycles. The van der Waals surface area contributed by atoms with Crippen LogP contribution >= 0.6 is 11.8 Å². The van der Waals surface area contributed by atoms with E-state index in [1.807, 2.05) is 31.2 Å². The average Bonchev–Trinajstić information content (AvgIpc) is 2.99. The lowest BCUT2D eigenvalue weighted by molar-refractivity contribution is -0.119. The Balaban J connectivity index is 1.77. The van der Waals surface area contributed by atoms with Gasteiger partial charge in [0.15, 0.2) is 5.78 Å². The minimum atomic E-state index is 0.109. The molecular weight excluding hydrogens is 282 g/mol. The van der Waals surface area contributed by atoms with Crippen molar-refractivity contribution in [3.05, 3.63) is 29.8 Å². The van der Waals surface area contributed by atoms with Gasteiger partial charge in [-0.2, -0.15) is 0 Å². The van der Waals surface area contributed by atoms with E-state index >= 15 is 0 Å². The number of rotatable bonds is 7. The third kappa shape index (κ3) is 5.20. The van der Waals surface area contributed by atoms with Crippen LogP contribution in [-0.4, -0.2) is 23.5 Å². The van der Waals surface area contributed by atoms with Crippen molar-refractivity contribution in [1.82, 2.24) is 5.32 Å². The number of thioether (sulfide) groups is 1. The predicted octanol–water partition coefficient (Wildman–Crippen LogP) is 3.82. The molecule has 0 radical (unpaired) electrons. The fourth-order valence-electron chi connectivity index (χ4n) is 2.60. The molecule has 0 aliphatic heterocycles. The van der Waals surface area contributed by atoms with Gasteiger partial charge in [0.25, 0.3) is 0 Å². The van der Waals surface area contributed by atoms with E-state index in [4.69, 9.17) is 0 Å². The lowest BCUT2D eigenvalue weighted by atomic mass is 10.1. The maximum Gasteiger partial charge on any atom is 0.230 e. The number of hydrogen-bond acceptors (Lipinski definition) is 3. The lowest BCUT2D eigenvalue weighted by Gasteiger charge is -2.11. The van der Waals surface area contributed by atoms with Crippen molar-refractivity contribution < 1.29 is 9.59 Å². The molecule has 1 amide bonds. The summed E-state index contributed by atoms with van der Waals surface area (Å²) < 4.78 is 0. The molecule has 21 heavy (non-hydrogen) atoms. The fourth-order valence-corrected chi connectivity index (χ4v) is 3.31. The van der Waals surface area contributed by atoms with Crippen molar-refractivity contribution in [3.8, 4) is 0 Å². The minimum absolute atomic E-state index is 0.109. The average molecular weight is 305 g/mol. The number of ketones is 1. The molecule has 1 aromatic carbocycles. The van der Waals surface area contributed by atoms with Gasteiger partial charge in [-0.15, -0.1) is 11.8 Å². The van der Waals surface area contributed by atoms with E-state index in [2.05, 4.69) is 5.32 Å². The summed E-state index contributed by atoms with van der Waals surface area (Å²) >= 11 is 1.52. The zero-order valence-corrected chi connectivity index (χ0v) is 13.4. The molecular formula is C17H23NO2S. The second-order valence-corrected chi connectivity index (χ2v) is 6.58. The molecule has 1 saturated carbocycles. The summed E-state index contributed by atoms with van der Waals surface area (Å²) in [5.41, 5.74) is 0.761. The smallest absolute Gasteiger partial charge is 0.230 e. The summed E-state index contributed by atoms with van der Waals surface area (Å²) in [6.45, 7) is 2.01. The van der Waals surface area contributed by atoms with E-state index in [0.29, 0.717) is 18.2 Å². The number of benzene rings is 1. The van der Waals surface area contributed by atoms with Gasteiger partial charge in [0.2, 0.25) is 5.91 Å². The number of carbonyl (C=O) groups excluding carboxylic acids is 2. The topological polar surface area (TPSA) is 46.2 Å². The Bertz CT molecular complexity index is 478. The first kappa shape index (κ1) is 16.1. The standard InChI is InChI=1S/C17H23NO2S/c1-2-5-16(19)13-8-10-15(11-9-13)21-12-17(20)18-14-6-3-4-7-14/h8-11,14H,2-7,12H2,1H3,(H,18,20). The molecule has 114 valence electrons. The van der Waals surface area contributed by atoms with Crippen molar-refractivity contribution in [2.75, 3.05) is 5.75 Å². The third-order valence-electron chi connectivity index (χ3n) is 3.74. The van der Waals surface area contributed by atoms with Crippen LogP contribution in [0, 0.1) is 0 Å². The molecule has 0 heterocycles. The molecule has 0 saturated heterocycles. The summed E-state index contributed by atoms with van der Waals surface area (Å²) in [7, 11) is 0. The Morgan fingerprint density at radius 2 is 1.86 bits per heavy atom. The van der Waals surface area contributed by atoms with E-state index in [9.17, 15) is 9.59 Å². The third-order valence-corrected chi connectivity index (χ3v) is 4.76. The van der Waals surface area contributed by atoms with Crippen molar-refractivity contribution in [1.29, 1.82) is 0 Å². The first-order valence-electron chi connectivity index (χ1n) is 7.74. The van der Waals surface area contributed by atoms with Crippen LogP contribution in [0.3, 0.4) is 0 Å². The summed E-state index contributed by atoms with van der Waals surface area (Å²) in [5.74, 6) is 0.740. The minimum Gasteiger partial charge on any atom is -0.353 e. The molecule has 4 heteroatoms. The highest BCUT2D eigenvalue weighted by atomic mass is 32.2. The van der Waals surface area contributed by atoms with Crippen molar-refractivity contribution in [2.45, 2.75) is 56.4 Å². The first-order chi connectivity index (χ1) is 10.2. The number of amides is 1. The first-order valence-corrected chi connectivity index (χ1v) is 8.73. The van der Waals surface area contributed by atoms with Gasteiger partial charge in [0.1, 0.15) is 0 Å². The van der Waals surface area contributed by atoms with E-state index < -0.39 is 0 Å². The van der Waals surface area contributed by atoms with Gasteiger partial charge in [-0.25, -0.2) is 0 Å². The van der Waals surface area contributed by atoms with Gasteiger partial charge in [-0.3, -0.25) is 9.59 Å². The van der Waals surface area contributed by atoms with E-state index in [1.54, 1.807) is 0 Å². The van der Waals surface area contributed by atoms with Crippen LogP contribution in [-0.2, 0) is 4.79 Å². The molecule has 0 aromatic heterocycles. The van der Waals surface area contributed by atoms with Crippen LogP contribution in [0.2, 0.25) is 0 Å². The lowest BCUT2D eigenvalue weighted by Crippen LogP contribution is -2.33. The highest BCUT2D eigenvalue weighted by Gasteiger charge is 2.16. The molecule has 1 N–H and O–H groups in total.